The molecule has 0 saturated carbocycles. The second-order valence-corrected chi connectivity index (χ2v) is 3.20. The molecule has 0 heterocycles. The van der Waals surface area contributed by atoms with Crippen molar-refractivity contribution < 1.29 is 15.1 Å². The lowest BCUT2D eigenvalue weighted by Gasteiger charge is -2.14. The number of aliphatic hydroxyl groups excluding tert-OH is 1. The van der Waals surface area contributed by atoms with Crippen molar-refractivity contribution in [2.75, 3.05) is 41.3 Å². The Hall–Kier alpha value is -0.160. The summed E-state index contributed by atoms with van der Waals surface area (Å²) in [5.74, 6) is 0. The van der Waals surface area contributed by atoms with Crippen molar-refractivity contribution >= 4 is 0 Å². The van der Waals surface area contributed by atoms with E-state index < -0.39 is 0 Å². The van der Waals surface area contributed by atoms with Crippen molar-refractivity contribution in [3.05, 3.63) is 0 Å². The molecule has 0 amide bonds. The second kappa shape index (κ2) is 8.84. The van der Waals surface area contributed by atoms with Crippen LogP contribution >= 0.6 is 0 Å². The van der Waals surface area contributed by atoms with Crippen molar-refractivity contribution in [2.24, 2.45) is 5.73 Å². The molecule has 0 radical (unpaired) electrons. The van der Waals surface area contributed by atoms with Gasteiger partial charge in [-0.1, -0.05) is 0 Å². The standard InChI is InChI=1S/C4H12N.C2H7NO.H2O/c1-5(2,3)4;3-1-2-4;/h1-4H3;4H,1-3H2;1H2/q+1;;/p-1. The number of nitrogens with zero attached hydrogens (tertiary/aromatic N) is 1. The largest absolute Gasteiger partial charge is 0.870 e. The first-order chi connectivity index (χ1) is 3.91. The maximum Gasteiger partial charge on any atom is 0.0675 e. The lowest BCUT2D eigenvalue weighted by atomic mass is 10.8. The first-order valence-corrected chi connectivity index (χ1v) is 3.01. The molecule has 0 aliphatic heterocycles. The summed E-state index contributed by atoms with van der Waals surface area (Å²) in [6, 6.07) is 0. The molecular weight excluding hydrogens is 132 g/mol. The van der Waals surface area contributed by atoms with Crippen LogP contribution in [0.5, 0.6) is 0 Å². The van der Waals surface area contributed by atoms with E-state index in [1.165, 1.54) is 0 Å². The molecule has 4 heteroatoms. The number of hydrogen-bond acceptors (Lipinski definition) is 3. The van der Waals surface area contributed by atoms with Crippen LogP contribution in [0.4, 0.5) is 0 Å². The lowest BCUT2D eigenvalue weighted by molar-refractivity contribution is -0.849. The maximum absolute atomic E-state index is 7.75. The molecule has 0 saturated heterocycles. The van der Waals surface area contributed by atoms with Gasteiger partial charge in [0.1, 0.15) is 0 Å². The Bertz CT molecular complexity index is 44.2. The molecule has 10 heavy (non-hydrogen) atoms. The molecule has 0 fully saturated rings. The predicted molar refractivity (Wildman–Crippen MR) is 42.0 cm³/mol. The van der Waals surface area contributed by atoms with Crippen molar-refractivity contribution in [1.29, 1.82) is 0 Å². The van der Waals surface area contributed by atoms with Crippen LogP contribution in [0.15, 0.2) is 0 Å². The molecule has 0 atom stereocenters. The van der Waals surface area contributed by atoms with Crippen molar-refractivity contribution in [2.45, 2.75) is 0 Å². The fraction of sp³-hybridized carbons (Fsp3) is 1.00. The third-order valence-corrected chi connectivity index (χ3v) is 0.129. The van der Waals surface area contributed by atoms with Gasteiger partial charge in [0.2, 0.25) is 0 Å². The highest BCUT2D eigenvalue weighted by Crippen LogP contribution is 1.73. The van der Waals surface area contributed by atoms with E-state index in [1.54, 1.807) is 0 Å². The number of hydrogen-bond donors (Lipinski definition) is 2. The average Bonchev–Trinajstić information content (AvgIpc) is 1.61. The highest BCUT2D eigenvalue weighted by Gasteiger charge is 1.88. The fourth-order valence-electron chi connectivity index (χ4n) is 0. The van der Waals surface area contributed by atoms with E-state index in [0.29, 0.717) is 6.54 Å². The van der Waals surface area contributed by atoms with Gasteiger partial charge in [-0.3, -0.25) is 0 Å². The van der Waals surface area contributed by atoms with E-state index in [-0.39, 0.29) is 12.1 Å². The minimum Gasteiger partial charge on any atom is -0.870 e. The van der Waals surface area contributed by atoms with Crippen molar-refractivity contribution in [3.63, 3.8) is 0 Å². The van der Waals surface area contributed by atoms with Crippen LogP contribution < -0.4 is 5.73 Å². The second-order valence-electron chi connectivity index (χ2n) is 3.20. The predicted octanol–water partition coefficient (Wildman–Crippen LogP) is -0.917. The van der Waals surface area contributed by atoms with Crippen LogP contribution in [0.3, 0.4) is 0 Å². The van der Waals surface area contributed by atoms with Gasteiger partial charge in [-0.15, -0.1) is 0 Å². The van der Waals surface area contributed by atoms with Crippen molar-refractivity contribution in [3.8, 4) is 0 Å². The Labute approximate surface area is 63.2 Å². The normalized spacial score (nSPS) is 9.00. The first-order valence-electron chi connectivity index (χ1n) is 3.01. The molecule has 0 aliphatic carbocycles. The number of aliphatic hydroxyl groups is 1. The molecule has 0 aliphatic rings. The van der Waals surface area contributed by atoms with Gasteiger partial charge in [0.15, 0.2) is 0 Å². The Morgan fingerprint density at radius 3 is 1.30 bits per heavy atom. The van der Waals surface area contributed by atoms with E-state index >= 15 is 0 Å². The average molecular weight is 152 g/mol. The van der Waals surface area contributed by atoms with E-state index in [9.17, 15) is 0 Å². The zero-order valence-electron chi connectivity index (χ0n) is 7.33. The molecule has 0 aromatic heterocycles. The minimum atomic E-state index is 0. The van der Waals surface area contributed by atoms with E-state index in [2.05, 4.69) is 28.2 Å². The van der Waals surface area contributed by atoms with Gasteiger partial charge in [-0.2, -0.15) is 0 Å². The van der Waals surface area contributed by atoms with E-state index in [4.69, 9.17) is 10.8 Å². The number of quaternary nitrogens is 1. The van der Waals surface area contributed by atoms with Gasteiger partial charge < -0.3 is 20.8 Å². The summed E-state index contributed by atoms with van der Waals surface area (Å²) in [4.78, 5) is 0. The molecule has 66 valence electrons. The molecule has 0 spiro atoms. The van der Waals surface area contributed by atoms with Gasteiger partial charge in [-0.25, -0.2) is 0 Å². The van der Waals surface area contributed by atoms with Crippen LogP contribution in [-0.4, -0.2) is 56.4 Å². The Morgan fingerprint density at radius 1 is 1.20 bits per heavy atom. The number of nitrogens with two attached hydrogens (primary N) is 1. The third kappa shape index (κ3) is 520. The van der Waals surface area contributed by atoms with Crippen molar-refractivity contribution in [1.82, 2.24) is 0 Å². The monoisotopic (exact) mass is 152 g/mol. The molecule has 0 unspecified atom stereocenters. The van der Waals surface area contributed by atoms with Gasteiger partial charge >= 0.3 is 0 Å². The van der Waals surface area contributed by atoms with Crippen LogP contribution in [0, 0.1) is 0 Å². The molecule has 0 aromatic carbocycles. The van der Waals surface area contributed by atoms with Crippen LogP contribution in [0.1, 0.15) is 0 Å². The molecule has 0 bridgehead atoms. The minimum absolute atomic E-state index is 0. The van der Waals surface area contributed by atoms with Gasteiger partial charge in [0.25, 0.3) is 0 Å². The first kappa shape index (κ1) is 16.4. The lowest BCUT2D eigenvalue weighted by Crippen LogP contribution is -2.27. The van der Waals surface area contributed by atoms with Crippen LogP contribution in [0.2, 0.25) is 0 Å². The van der Waals surface area contributed by atoms with Gasteiger partial charge in [-0.05, 0) is 0 Å². The molecule has 0 rings (SSSR count). The van der Waals surface area contributed by atoms with E-state index in [1.807, 2.05) is 0 Å². The van der Waals surface area contributed by atoms with E-state index in [0.717, 1.165) is 4.48 Å². The summed E-state index contributed by atoms with van der Waals surface area (Å²) in [7, 11) is 8.50. The fourth-order valence-corrected chi connectivity index (χ4v) is 0. The summed E-state index contributed by atoms with van der Waals surface area (Å²) in [5, 5.41) is 7.75. The molecule has 0 aromatic rings. The number of rotatable bonds is 1. The summed E-state index contributed by atoms with van der Waals surface area (Å²) < 4.78 is 1.00. The zero-order valence-corrected chi connectivity index (χ0v) is 7.33. The Morgan fingerprint density at radius 2 is 1.30 bits per heavy atom. The maximum atomic E-state index is 7.75. The smallest absolute Gasteiger partial charge is 0.0675 e. The molecule has 4 N–H and O–H groups in total. The quantitative estimate of drug-likeness (QED) is 0.477. The van der Waals surface area contributed by atoms with Crippen LogP contribution in [-0.2, 0) is 0 Å². The van der Waals surface area contributed by atoms with Gasteiger partial charge in [0, 0.05) is 6.54 Å². The molecular formula is C6H20N2O2. The summed E-state index contributed by atoms with van der Waals surface area (Å²) >= 11 is 0. The third-order valence-electron chi connectivity index (χ3n) is 0.129. The topological polar surface area (TPSA) is 76.2 Å². The highest BCUT2D eigenvalue weighted by molar-refractivity contribution is 4.17. The SMILES string of the molecule is C[N+](C)(C)C.NCCO.[OH-]. The highest BCUT2D eigenvalue weighted by atomic mass is 16.3. The summed E-state index contributed by atoms with van der Waals surface area (Å²) in [6.45, 7) is 0.472. The summed E-state index contributed by atoms with van der Waals surface area (Å²) in [5.41, 5.74) is 4.78. The zero-order chi connectivity index (χ0) is 7.91. The van der Waals surface area contributed by atoms with Gasteiger partial charge in [0.05, 0.1) is 34.8 Å². The Balaban J connectivity index is -0.0000000910. The summed E-state index contributed by atoms with van der Waals surface area (Å²) in [6.07, 6.45) is 0. The van der Waals surface area contributed by atoms with Crippen LogP contribution in [0.25, 0.3) is 0 Å². The molecule has 4 nitrogen and oxygen atoms in total. The Kier molecular flexibility index (Phi) is 14.5.